The maximum Gasteiger partial charge on any atom is 0.266 e. The molecule has 2 aliphatic heterocycles. The molecule has 2 N–H and O–H groups in total. The van der Waals surface area contributed by atoms with Gasteiger partial charge in [-0.2, -0.15) is 0 Å². The zero-order valence-corrected chi connectivity index (χ0v) is 18.5. The Hall–Kier alpha value is -1.62. The molecule has 10 heteroatoms. The molecule has 0 bridgehead atoms. The van der Waals surface area contributed by atoms with E-state index in [0.717, 1.165) is 24.2 Å². The summed E-state index contributed by atoms with van der Waals surface area (Å²) < 4.78 is 31.7. The van der Waals surface area contributed by atoms with Gasteiger partial charge in [0, 0.05) is 57.5 Å². The van der Waals surface area contributed by atoms with Crippen LogP contribution < -0.4 is 5.48 Å². The minimum absolute atomic E-state index is 0.0327. The Labute approximate surface area is 178 Å². The summed E-state index contributed by atoms with van der Waals surface area (Å²) in [6.07, 6.45) is 6.90. The largest absolute Gasteiger partial charge is 0.381 e. The number of aryl methyl sites for hydroxylation is 1. The third kappa shape index (κ3) is 4.66. The van der Waals surface area contributed by atoms with Crippen LogP contribution in [0.2, 0.25) is 0 Å². The molecule has 1 aromatic heterocycles. The molecule has 1 aromatic rings. The third-order valence-electron chi connectivity index (χ3n) is 6.22. The first-order chi connectivity index (χ1) is 14.3. The average Bonchev–Trinajstić information content (AvgIpc) is 2.78. The highest BCUT2D eigenvalue weighted by atomic mass is 32.2. The van der Waals surface area contributed by atoms with Gasteiger partial charge in [0.05, 0.1) is 11.4 Å². The van der Waals surface area contributed by atoms with Crippen molar-refractivity contribution in [3.05, 3.63) is 23.8 Å². The number of aromatic nitrogens is 2. The quantitative estimate of drug-likeness (QED) is 0.488. The maximum absolute atomic E-state index is 13.3. The van der Waals surface area contributed by atoms with E-state index in [1.54, 1.807) is 5.48 Å². The molecular formula is C20H32N4O5S. The Morgan fingerprint density at radius 1 is 1.27 bits per heavy atom. The molecule has 3 heterocycles. The number of ether oxygens (including phenoxy) is 1. The molecule has 9 nitrogen and oxygen atoms in total. The average molecular weight is 441 g/mol. The van der Waals surface area contributed by atoms with E-state index in [-0.39, 0.29) is 32.0 Å². The number of carbonyl (C=O) groups is 1. The van der Waals surface area contributed by atoms with E-state index in [9.17, 15) is 13.2 Å². The van der Waals surface area contributed by atoms with E-state index in [1.165, 1.54) is 4.31 Å². The van der Waals surface area contributed by atoms with Gasteiger partial charge in [-0.25, -0.2) is 18.2 Å². The van der Waals surface area contributed by atoms with Crippen LogP contribution in [0.5, 0.6) is 0 Å². The van der Waals surface area contributed by atoms with Gasteiger partial charge in [0.15, 0.2) is 4.75 Å². The highest BCUT2D eigenvalue weighted by Gasteiger charge is 2.54. The Morgan fingerprint density at radius 3 is 2.47 bits per heavy atom. The monoisotopic (exact) mass is 440 g/mol. The summed E-state index contributed by atoms with van der Waals surface area (Å²) in [7, 11) is -3.94. The van der Waals surface area contributed by atoms with Crippen LogP contribution in [0.1, 0.15) is 63.3 Å². The first-order valence-electron chi connectivity index (χ1n) is 10.6. The Bertz CT molecular complexity index is 814. The summed E-state index contributed by atoms with van der Waals surface area (Å²) in [5.74, 6) is -0.124. The number of carbonyl (C=O) groups excluding carboxylic acids is 1. The molecule has 3 rings (SSSR count). The molecule has 30 heavy (non-hydrogen) atoms. The van der Waals surface area contributed by atoms with Crippen LogP contribution in [0, 0.1) is 5.92 Å². The number of sulfonamides is 1. The van der Waals surface area contributed by atoms with Crippen molar-refractivity contribution in [2.75, 3.05) is 26.3 Å². The molecule has 2 aliphatic rings. The zero-order chi connectivity index (χ0) is 21.8. The molecular weight excluding hydrogens is 408 g/mol. The van der Waals surface area contributed by atoms with Crippen LogP contribution >= 0.6 is 0 Å². The van der Waals surface area contributed by atoms with Gasteiger partial charge in [-0.05, 0) is 31.6 Å². The minimum atomic E-state index is -3.94. The second-order valence-electron chi connectivity index (χ2n) is 8.59. The summed E-state index contributed by atoms with van der Waals surface area (Å²) in [5.41, 5.74) is 3.42. The molecule has 168 valence electrons. The van der Waals surface area contributed by atoms with Crippen molar-refractivity contribution in [2.24, 2.45) is 5.92 Å². The zero-order valence-electron chi connectivity index (χ0n) is 17.7. The molecule has 0 atom stereocenters. The summed E-state index contributed by atoms with van der Waals surface area (Å²) >= 11 is 0. The third-order valence-corrected chi connectivity index (χ3v) is 8.85. The Kier molecular flexibility index (Phi) is 7.43. The number of hydrogen-bond acceptors (Lipinski definition) is 7. The lowest BCUT2D eigenvalue weighted by Gasteiger charge is -2.40. The van der Waals surface area contributed by atoms with E-state index in [2.05, 4.69) is 23.8 Å². The lowest BCUT2D eigenvalue weighted by atomic mass is 9.95. The van der Waals surface area contributed by atoms with Gasteiger partial charge >= 0.3 is 0 Å². The molecule has 0 radical (unpaired) electrons. The SMILES string of the molecule is CC(C)CCc1cnc(C2CCN(S(=O)(=O)C3(C(=O)NO)CCOCC3)CC2)cn1. The number of hydrogen-bond donors (Lipinski definition) is 2. The lowest BCUT2D eigenvalue weighted by molar-refractivity contribution is -0.134. The van der Waals surface area contributed by atoms with Crippen LogP contribution in [0.4, 0.5) is 0 Å². The number of hydroxylamine groups is 1. The second kappa shape index (κ2) is 9.67. The van der Waals surface area contributed by atoms with E-state index in [4.69, 9.17) is 9.94 Å². The predicted octanol–water partition coefficient (Wildman–Crippen LogP) is 1.63. The molecule has 0 aliphatic carbocycles. The van der Waals surface area contributed by atoms with E-state index < -0.39 is 20.7 Å². The van der Waals surface area contributed by atoms with Gasteiger partial charge in [0.25, 0.3) is 5.91 Å². The molecule has 0 unspecified atom stereocenters. The second-order valence-corrected chi connectivity index (χ2v) is 10.8. The first-order valence-corrected chi connectivity index (χ1v) is 12.1. The highest BCUT2D eigenvalue weighted by Crippen LogP contribution is 2.36. The molecule has 0 spiro atoms. The molecule has 2 saturated heterocycles. The summed E-state index contributed by atoms with van der Waals surface area (Å²) in [5, 5.41) is 9.16. The van der Waals surface area contributed by atoms with E-state index >= 15 is 0 Å². The van der Waals surface area contributed by atoms with Crippen LogP contribution in [-0.2, 0) is 26.0 Å². The normalized spacial score (nSPS) is 20.9. The van der Waals surface area contributed by atoms with Gasteiger partial charge < -0.3 is 4.74 Å². The number of nitrogens with one attached hydrogen (secondary N) is 1. The number of amides is 1. The van der Waals surface area contributed by atoms with Crippen LogP contribution in [0.25, 0.3) is 0 Å². The van der Waals surface area contributed by atoms with Crippen LogP contribution in [0.3, 0.4) is 0 Å². The number of rotatable bonds is 7. The Morgan fingerprint density at radius 2 is 1.93 bits per heavy atom. The molecule has 2 fully saturated rings. The molecule has 1 amide bonds. The van der Waals surface area contributed by atoms with Gasteiger partial charge in [0.1, 0.15) is 0 Å². The first kappa shape index (κ1) is 23.1. The fraction of sp³-hybridized carbons (Fsp3) is 0.750. The van der Waals surface area contributed by atoms with E-state index in [0.29, 0.717) is 31.8 Å². The van der Waals surface area contributed by atoms with Crippen molar-refractivity contribution in [1.29, 1.82) is 0 Å². The molecule has 0 aromatic carbocycles. The van der Waals surface area contributed by atoms with Crippen LogP contribution in [-0.4, -0.2) is 64.9 Å². The predicted molar refractivity (Wildman–Crippen MR) is 110 cm³/mol. The fourth-order valence-electron chi connectivity index (χ4n) is 4.19. The summed E-state index contributed by atoms with van der Waals surface area (Å²) in [6.45, 7) is 5.32. The minimum Gasteiger partial charge on any atom is -0.381 e. The van der Waals surface area contributed by atoms with Crippen molar-refractivity contribution in [2.45, 2.75) is 63.0 Å². The summed E-state index contributed by atoms with van der Waals surface area (Å²) in [4.78, 5) is 21.4. The summed E-state index contributed by atoms with van der Waals surface area (Å²) in [6, 6.07) is 0. The number of piperidine rings is 1. The lowest BCUT2D eigenvalue weighted by Crippen LogP contribution is -2.60. The van der Waals surface area contributed by atoms with Crippen molar-refractivity contribution >= 4 is 15.9 Å². The smallest absolute Gasteiger partial charge is 0.266 e. The van der Waals surface area contributed by atoms with Crippen molar-refractivity contribution < 1.29 is 23.2 Å². The molecule has 0 saturated carbocycles. The van der Waals surface area contributed by atoms with Crippen molar-refractivity contribution in [1.82, 2.24) is 19.8 Å². The number of nitrogens with zero attached hydrogens (tertiary/aromatic N) is 3. The van der Waals surface area contributed by atoms with Crippen molar-refractivity contribution in [3.63, 3.8) is 0 Å². The fourth-order valence-corrected chi connectivity index (χ4v) is 6.33. The van der Waals surface area contributed by atoms with Crippen LogP contribution in [0.15, 0.2) is 12.4 Å². The van der Waals surface area contributed by atoms with Gasteiger partial charge in [0.2, 0.25) is 10.0 Å². The Balaban J connectivity index is 1.66. The van der Waals surface area contributed by atoms with E-state index in [1.807, 2.05) is 12.4 Å². The topological polar surface area (TPSA) is 122 Å². The standard InChI is InChI=1S/C20H32N4O5S/c1-15(2)3-4-17-13-22-18(14-21-17)16-5-9-24(10-6-16)30(27,28)20(19(25)23-26)7-11-29-12-8-20/h13-16,26H,3-12H2,1-2H3,(H,23,25). The highest BCUT2D eigenvalue weighted by molar-refractivity contribution is 7.91. The maximum atomic E-state index is 13.3. The van der Waals surface area contributed by atoms with Gasteiger partial charge in [-0.1, -0.05) is 13.8 Å². The van der Waals surface area contributed by atoms with Crippen molar-refractivity contribution in [3.8, 4) is 0 Å². The van der Waals surface area contributed by atoms with Gasteiger partial charge in [-0.15, -0.1) is 0 Å². The van der Waals surface area contributed by atoms with Gasteiger partial charge in [-0.3, -0.25) is 20.0 Å².